The second-order valence-corrected chi connectivity index (χ2v) is 4.13. The Morgan fingerprint density at radius 3 is 1.27 bits per heavy atom. The van der Waals surface area contributed by atoms with Crippen molar-refractivity contribution in [3.05, 3.63) is 52.1 Å². The average molecular weight is 372 g/mol. The number of hydrogen-bond acceptors (Lipinski definition) is 14. The summed E-state index contributed by atoms with van der Waals surface area (Å²) < 4.78 is 0. The third-order valence-electron chi connectivity index (χ3n) is 2.50. The van der Waals surface area contributed by atoms with Crippen LogP contribution in [0.5, 0.6) is 0 Å². The topological polar surface area (TPSA) is 280 Å². The number of nitrogens with one attached hydrogen (secondary N) is 2. The van der Waals surface area contributed by atoms with Crippen molar-refractivity contribution in [2.45, 2.75) is 12.3 Å². The molecule has 0 aliphatic rings. The van der Waals surface area contributed by atoms with E-state index in [-0.39, 0.29) is 0 Å². The van der Waals surface area contributed by atoms with Crippen LogP contribution in [0.1, 0.15) is 24.0 Å². The maximum atomic E-state index is 10.6. The van der Waals surface area contributed by atoms with Crippen LogP contribution >= 0.6 is 0 Å². The van der Waals surface area contributed by atoms with Crippen LogP contribution in [-0.4, -0.2) is 50.1 Å². The van der Waals surface area contributed by atoms with Crippen molar-refractivity contribution in [2.75, 3.05) is 0 Å². The zero-order chi connectivity index (χ0) is 19.4. The fraction of sp³-hybridized carbons (Fsp3) is 0.333. The minimum atomic E-state index is -2.40. The highest BCUT2D eigenvalue weighted by Gasteiger charge is 2.39. The Balaban J connectivity index is 2.19. The third kappa shape index (κ3) is 3.69. The molecule has 2 aromatic heterocycles. The van der Waals surface area contributed by atoms with E-state index >= 15 is 0 Å². The summed E-state index contributed by atoms with van der Waals surface area (Å²) in [5.74, 6) is -2.60. The number of rotatable bonds is 8. The SMILES string of the molecule is O=[N+]([O-])C(c1nc(/N=N/c2n[nH]c(C([N+](=O)[O-])[N+](=O)[O-])n2)n[nH]1)[N+](=O)[O-]. The van der Waals surface area contributed by atoms with Gasteiger partial charge in [-0.05, 0) is 0 Å². The molecule has 0 aliphatic carbocycles. The van der Waals surface area contributed by atoms with E-state index in [4.69, 9.17) is 0 Å². The molecule has 2 aromatic rings. The van der Waals surface area contributed by atoms with E-state index in [9.17, 15) is 40.5 Å². The Hall–Kier alpha value is -4.52. The normalized spacial score (nSPS) is 11.3. The lowest BCUT2D eigenvalue weighted by molar-refractivity contribution is -0.754. The van der Waals surface area contributed by atoms with Gasteiger partial charge in [0.05, 0.1) is 0 Å². The lowest BCUT2D eigenvalue weighted by Gasteiger charge is -1.95. The molecule has 0 fully saturated rings. The zero-order valence-corrected chi connectivity index (χ0v) is 11.9. The summed E-state index contributed by atoms with van der Waals surface area (Å²) in [6.45, 7) is 0. The number of nitrogens with zero attached hydrogens (tertiary/aromatic N) is 10. The molecule has 0 aromatic carbocycles. The predicted octanol–water partition coefficient (Wildman–Crippen LogP) is -0.558. The number of nitro groups is 4. The van der Waals surface area contributed by atoms with Crippen LogP contribution in [0.15, 0.2) is 10.2 Å². The smallest absolute Gasteiger partial charge is 0.258 e. The Kier molecular flexibility index (Phi) is 4.75. The molecule has 20 nitrogen and oxygen atoms in total. The molecule has 0 unspecified atom stereocenters. The molecule has 0 bridgehead atoms. The molecular formula is C6H4N12O8. The minimum Gasteiger partial charge on any atom is -0.258 e. The van der Waals surface area contributed by atoms with Crippen LogP contribution in [0, 0.1) is 40.5 Å². The molecule has 136 valence electrons. The molecule has 0 saturated carbocycles. The molecule has 26 heavy (non-hydrogen) atoms. The molecule has 2 heterocycles. The number of hydrogen-bond donors (Lipinski definition) is 2. The average Bonchev–Trinajstić information content (AvgIpc) is 3.13. The van der Waals surface area contributed by atoms with E-state index in [1.54, 1.807) is 0 Å². The van der Waals surface area contributed by atoms with Crippen molar-refractivity contribution in [2.24, 2.45) is 10.2 Å². The summed E-state index contributed by atoms with van der Waals surface area (Å²) in [5.41, 5.74) is 0. The maximum Gasteiger partial charge on any atom is 0.509 e. The predicted molar refractivity (Wildman–Crippen MR) is 70.4 cm³/mol. The van der Waals surface area contributed by atoms with Gasteiger partial charge >= 0.3 is 12.3 Å². The van der Waals surface area contributed by atoms with Gasteiger partial charge in [0.1, 0.15) is 19.7 Å². The van der Waals surface area contributed by atoms with Crippen LogP contribution in [0.25, 0.3) is 0 Å². The van der Waals surface area contributed by atoms with Gasteiger partial charge in [-0.1, -0.05) is 0 Å². The van der Waals surface area contributed by atoms with Crippen LogP contribution in [0.4, 0.5) is 11.9 Å². The second-order valence-electron chi connectivity index (χ2n) is 4.13. The standard InChI is InChI=1S/C6H4N12O8/c19-15(20)3(16(21)22)1-7-5(11-9-1)13-14-6-8-2(10-12-6)4(17(23)24)18(25)26/h3-4H,(H,7,9,11)(H,8,10,12)/b14-13+. The van der Waals surface area contributed by atoms with E-state index < -0.39 is 55.6 Å². The maximum absolute atomic E-state index is 10.6. The lowest BCUT2D eigenvalue weighted by Crippen LogP contribution is -2.20. The molecule has 2 N–H and O–H groups in total. The van der Waals surface area contributed by atoms with Gasteiger partial charge in [-0.3, -0.25) is 40.5 Å². The van der Waals surface area contributed by atoms with E-state index in [1.165, 1.54) is 0 Å². The second kappa shape index (κ2) is 6.93. The van der Waals surface area contributed by atoms with Crippen molar-refractivity contribution in [3.8, 4) is 0 Å². The largest absolute Gasteiger partial charge is 0.509 e. The van der Waals surface area contributed by atoms with Gasteiger partial charge in [0.2, 0.25) is 0 Å². The van der Waals surface area contributed by atoms with Gasteiger partial charge in [-0.25, -0.2) is 10.2 Å². The molecule has 0 radical (unpaired) electrons. The summed E-state index contributed by atoms with van der Waals surface area (Å²) in [5, 5.41) is 59.5. The fourth-order valence-corrected chi connectivity index (χ4v) is 1.49. The highest BCUT2D eigenvalue weighted by Crippen LogP contribution is 2.18. The number of H-pyrrole nitrogens is 2. The summed E-state index contributed by atoms with van der Waals surface area (Å²) in [7, 11) is 0. The van der Waals surface area contributed by atoms with E-state index in [0.717, 1.165) is 0 Å². The molecular weight excluding hydrogens is 368 g/mol. The minimum absolute atomic E-state index is 0.569. The van der Waals surface area contributed by atoms with Crippen molar-refractivity contribution >= 4 is 11.9 Å². The van der Waals surface area contributed by atoms with Crippen molar-refractivity contribution in [3.63, 3.8) is 0 Å². The van der Waals surface area contributed by atoms with Gasteiger partial charge in [0.15, 0.2) is 0 Å². The molecule has 20 heteroatoms. The summed E-state index contributed by atoms with van der Waals surface area (Å²) in [6.07, 6.45) is -4.80. The molecule has 0 aliphatic heterocycles. The number of aromatic amines is 2. The summed E-state index contributed by atoms with van der Waals surface area (Å²) in [4.78, 5) is 44.2. The van der Waals surface area contributed by atoms with Crippen LogP contribution < -0.4 is 0 Å². The van der Waals surface area contributed by atoms with Crippen LogP contribution in [0.3, 0.4) is 0 Å². The molecule has 0 amide bonds. The molecule has 2 rings (SSSR count). The molecule has 0 atom stereocenters. The van der Waals surface area contributed by atoms with Gasteiger partial charge < -0.3 is 0 Å². The van der Waals surface area contributed by atoms with Gasteiger partial charge in [-0.2, -0.15) is 9.97 Å². The van der Waals surface area contributed by atoms with Crippen LogP contribution in [-0.2, 0) is 0 Å². The molecule has 0 saturated heterocycles. The molecule has 0 spiro atoms. The zero-order valence-electron chi connectivity index (χ0n) is 11.9. The first-order valence-electron chi connectivity index (χ1n) is 6.01. The van der Waals surface area contributed by atoms with Crippen molar-refractivity contribution < 1.29 is 19.7 Å². The highest BCUT2D eigenvalue weighted by atomic mass is 16.7. The van der Waals surface area contributed by atoms with E-state index in [1.807, 2.05) is 10.2 Å². The van der Waals surface area contributed by atoms with Gasteiger partial charge in [0.25, 0.3) is 23.5 Å². The first kappa shape index (κ1) is 17.8. The highest BCUT2D eigenvalue weighted by molar-refractivity contribution is 5.16. The van der Waals surface area contributed by atoms with Crippen molar-refractivity contribution in [1.29, 1.82) is 0 Å². The quantitative estimate of drug-likeness (QED) is 0.255. The monoisotopic (exact) mass is 372 g/mol. The Morgan fingerprint density at radius 1 is 0.692 bits per heavy atom. The number of aromatic nitrogens is 6. The van der Waals surface area contributed by atoms with Gasteiger partial charge in [-0.15, -0.1) is 20.4 Å². The Labute approximate surface area is 138 Å². The Morgan fingerprint density at radius 2 is 1.00 bits per heavy atom. The Bertz CT molecular complexity index is 799. The first-order chi connectivity index (χ1) is 12.2. The summed E-state index contributed by atoms with van der Waals surface area (Å²) in [6, 6.07) is 0. The number of azo groups is 1. The third-order valence-corrected chi connectivity index (χ3v) is 2.50. The van der Waals surface area contributed by atoms with E-state index in [0.29, 0.717) is 0 Å². The fourth-order valence-electron chi connectivity index (χ4n) is 1.49. The van der Waals surface area contributed by atoms with Crippen molar-refractivity contribution in [1.82, 2.24) is 30.4 Å². The first-order valence-corrected chi connectivity index (χ1v) is 6.01. The van der Waals surface area contributed by atoms with Crippen LogP contribution in [0.2, 0.25) is 0 Å². The van der Waals surface area contributed by atoms with E-state index in [2.05, 4.69) is 30.4 Å². The summed E-state index contributed by atoms with van der Waals surface area (Å²) >= 11 is 0. The van der Waals surface area contributed by atoms with Gasteiger partial charge in [0, 0.05) is 0 Å². The lowest BCUT2D eigenvalue weighted by atomic mass is 10.5.